The van der Waals surface area contributed by atoms with Gasteiger partial charge in [-0.3, -0.25) is 9.59 Å². The first kappa shape index (κ1) is 33.0. The number of fused-ring (bicyclic) bond motifs is 1. The fourth-order valence-electron chi connectivity index (χ4n) is 5.41. The molecular formula is C37H48O5. The van der Waals surface area contributed by atoms with Gasteiger partial charge in [0.25, 0.3) is 0 Å². The summed E-state index contributed by atoms with van der Waals surface area (Å²) in [6, 6.07) is 16.4. The third-order valence-corrected chi connectivity index (χ3v) is 7.70. The Balaban J connectivity index is 1.52. The molecule has 5 nitrogen and oxygen atoms in total. The molecule has 2 aromatic carbocycles. The second-order valence-corrected chi connectivity index (χ2v) is 11.3. The Labute approximate surface area is 251 Å². The molecule has 0 radical (unpaired) electrons. The SMILES string of the molecule is CCCCCCCC/C=C/CCCCCCCC(=O)Oc1c(C(CC(C)=O)c2ccccc2)c(=O)oc2ccccc12. The van der Waals surface area contributed by atoms with Crippen molar-refractivity contribution in [1.29, 1.82) is 0 Å². The van der Waals surface area contributed by atoms with Crippen LogP contribution < -0.4 is 10.4 Å². The molecule has 1 aromatic heterocycles. The van der Waals surface area contributed by atoms with Crippen LogP contribution in [0, 0.1) is 0 Å². The Morgan fingerprint density at radius 3 is 2.05 bits per heavy atom. The molecule has 3 rings (SSSR count). The van der Waals surface area contributed by atoms with Crippen molar-refractivity contribution in [1.82, 2.24) is 0 Å². The van der Waals surface area contributed by atoms with Gasteiger partial charge in [0.05, 0.1) is 10.9 Å². The van der Waals surface area contributed by atoms with Crippen molar-refractivity contribution in [3.63, 3.8) is 0 Å². The third-order valence-electron chi connectivity index (χ3n) is 7.70. The number of esters is 1. The van der Waals surface area contributed by atoms with Gasteiger partial charge in [0.2, 0.25) is 0 Å². The molecule has 0 N–H and O–H groups in total. The molecule has 0 aliphatic rings. The largest absolute Gasteiger partial charge is 0.425 e. The average molecular weight is 573 g/mol. The fraction of sp³-hybridized carbons (Fsp3) is 0.486. The maximum atomic E-state index is 13.3. The zero-order valence-corrected chi connectivity index (χ0v) is 25.6. The van der Waals surface area contributed by atoms with Crippen LogP contribution >= 0.6 is 0 Å². The molecule has 42 heavy (non-hydrogen) atoms. The molecule has 0 spiro atoms. The van der Waals surface area contributed by atoms with E-state index in [9.17, 15) is 14.4 Å². The van der Waals surface area contributed by atoms with E-state index >= 15 is 0 Å². The van der Waals surface area contributed by atoms with E-state index in [1.165, 1.54) is 58.3 Å². The summed E-state index contributed by atoms with van der Waals surface area (Å²) in [4.78, 5) is 38.5. The molecule has 5 heteroatoms. The highest BCUT2D eigenvalue weighted by molar-refractivity contribution is 5.88. The fourth-order valence-corrected chi connectivity index (χ4v) is 5.41. The molecule has 0 saturated carbocycles. The van der Waals surface area contributed by atoms with Gasteiger partial charge in [0.15, 0.2) is 5.75 Å². The van der Waals surface area contributed by atoms with Crippen LogP contribution in [0.15, 0.2) is 76.0 Å². The first-order chi connectivity index (χ1) is 20.5. The zero-order valence-electron chi connectivity index (χ0n) is 25.6. The number of ketones is 1. The molecular weight excluding hydrogens is 524 g/mol. The normalized spacial score (nSPS) is 12.1. The molecule has 1 heterocycles. The molecule has 0 fully saturated rings. The number of allylic oxidation sites excluding steroid dienone is 2. The number of para-hydroxylation sites is 1. The maximum absolute atomic E-state index is 13.3. The topological polar surface area (TPSA) is 73.6 Å². The van der Waals surface area contributed by atoms with E-state index < -0.39 is 11.5 Å². The number of ether oxygens (including phenoxy) is 1. The molecule has 0 aliphatic carbocycles. The Morgan fingerprint density at radius 2 is 1.38 bits per heavy atom. The Bertz CT molecular complexity index is 1320. The summed E-state index contributed by atoms with van der Waals surface area (Å²) in [5, 5.41) is 0.550. The first-order valence-corrected chi connectivity index (χ1v) is 16.0. The monoisotopic (exact) mass is 572 g/mol. The number of hydrogen-bond donors (Lipinski definition) is 0. The summed E-state index contributed by atoms with van der Waals surface area (Å²) in [6.45, 7) is 3.75. The van der Waals surface area contributed by atoms with Crippen molar-refractivity contribution in [2.24, 2.45) is 0 Å². The summed E-state index contributed by atoms with van der Waals surface area (Å²) >= 11 is 0. The smallest absolute Gasteiger partial charge is 0.343 e. The highest BCUT2D eigenvalue weighted by Crippen LogP contribution is 2.37. The number of hydrogen-bond acceptors (Lipinski definition) is 5. The summed E-state index contributed by atoms with van der Waals surface area (Å²) in [7, 11) is 0. The second kappa shape index (κ2) is 18.9. The van der Waals surface area contributed by atoms with Crippen molar-refractivity contribution in [2.75, 3.05) is 0 Å². The lowest BCUT2D eigenvalue weighted by Crippen LogP contribution is -2.20. The Kier molecular flexibility index (Phi) is 14.8. The molecule has 3 aromatic rings. The third kappa shape index (κ3) is 11.1. The van der Waals surface area contributed by atoms with Gasteiger partial charge in [-0.2, -0.15) is 0 Å². The highest BCUT2D eigenvalue weighted by Gasteiger charge is 2.28. The Morgan fingerprint density at radius 1 is 0.786 bits per heavy atom. The summed E-state index contributed by atoms with van der Waals surface area (Å²) in [5.74, 6) is -0.817. The lowest BCUT2D eigenvalue weighted by molar-refractivity contribution is -0.134. The average Bonchev–Trinajstić information content (AvgIpc) is 2.98. The number of benzene rings is 2. The van der Waals surface area contributed by atoms with Crippen molar-refractivity contribution in [3.8, 4) is 5.75 Å². The number of Topliss-reactive ketones (excluding diaryl/α,β-unsaturated/α-hetero) is 1. The Hall–Kier alpha value is -3.47. The van der Waals surface area contributed by atoms with Gasteiger partial charge >= 0.3 is 11.6 Å². The lowest BCUT2D eigenvalue weighted by atomic mass is 9.87. The highest BCUT2D eigenvalue weighted by atomic mass is 16.5. The summed E-state index contributed by atoms with van der Waals surface area (Å²) in [5.41, 5.74) is 0.773. The number of carbonyl (C=O) groups is 2. The van der Waals surface area contributed by atoms with Crippen molar-refractivity contribution in [3.05, 3.63) is 88.3 Å². The van der Waals surface area contributed by atoms with Gasteiger partial charge < -0.3 is 9.15 Å². The van der Waals surface area contributed by atoms with Gasteiger partial charge in [-0.15, -0.1) is 0 Å². The minimum absolute atomic E-state index is 0.0676. The number of carbonyl (C=O) groups excluding carboxylic acids is 2. The van der Waals surface area contributed by atoms with E-state index in [2.05, 4.69) is 19.1 Å². The molecule has 0 bridgehead atoms. The van der Waals surface area contributed by atoms with Crippen LogP contribution in [-0.2, 0) is 9.59 Å². The van der Waals surface area contributed by atoms with E-state index in [1.54, 1.807) is 18.2 Å². The maximum Gasteiger partial charge on any atom is 0.343 e. The van der Waals surface area contributed by atoms with Crippen LogP contribution in [0.3, 0.4) is 0 Å². The van der Waals surface area contributed by atoms with Crippen LogP contribution in [0.1, 0.15) is 127 Å². The van der Waals surface area contributed by atoms with E-state index in [4.69, 9.17) is 9.15 Å². The van der Waals surface area contributed by atoms with E-state index in [0.29, 0.717) is 11.0 Å². The summed E-state index contributed by atoms with van der Waals surface area (Å²) in [6.07, 6.45) is 20.4. The second-order valence-electron chi connectivity index (χ2n) is 11.3. The van der Waals surface area contributed by atoms with Crippen LogP contribution in [0.5, 0.6) is 5.75 Å². The standard InChI is InChI=1S/C37H48O5/c1-3-4-5-6-7-8-9-10-11-12-13-14-15-16-20-27-34(39)42-36-31-25-21-22-26-33(31)41-37(40)35(36)32(28-29(2)38)30-23-18-17-19-24-30/h10-11,17-19,21-26,32H,3-9,12-16,20,27-28H2,1-2H3/b11-10+. The van der Waals surface area contributed by atoms with Crippen molar-refractivity contribution in [2.45, 2.75) is 116 Å². The first-order valence-electron chi connectivity index (χ1n) is 16.0. The predicted molar refractivity (Wildman–Crippen MR) is 171 cm³/mol. The summed E-state index contributed by atoms with van der Waals surface area (Å²) < 4.78 is 11.5. The minimum Gasteiger partial charge on any atom is -0.425 e. The van der Waals surface area contributed by atoms with Crippen LogP contribution in [-0.4, -0.2) is 11.8 Å². The molecule has 226 valence electrons. The predicted octanol–water partition coefficient (Wildman–Crippen LogP) is 9.85. The van der Waals surface area contributed by atoms with E-state index in [1.807, 2.05) is 36.4 Å². The minimum atomic E-state index is -0.590. The van der Waals surface area contributed by atoms with Crippen molar-refractivity contribution >= 4 is 22.7 Å². The van der Waals surface area contributed by atoms with Gasteiger partial charge in [-0.1, -0.05) is 113 Å². The van der Waals surface area contributed by atoms with Crippen molar-refractivity contribution < 1.29 is 18.7 Å². The van der Waals surface area contributed by atoms with Gasteiger partial charge in [0.1, 0.15) is 11.4 Å². The zero-order chi connectivity index (χ0) is 30.0. The molecule has 0 saturated heterocycles. The molecule has 0 aliphatic heterocycles. The number of unbranched alkanes of at least 4 members (excludes halogenated alkanes) is 11. The van der Waals surface area contributed by atoms with Crippen LogP contribution in [0.4, 0.5) is 0 Å². The lowest BCUT2D eigenvalue weighted by Gasteiger charge is -2.19. The van der Waals surface area contributed by atoms with Crippen LogP contribution in [0.25, 0.3) is 11.0 Å². The van der Waals surface area contributed by atoms with E-state index in [-0.39, 0.29) is 35.9 Å². The van der Waals surface area contributed by atoms with Gasteiger partial charge in [-0.05, 0) is 56.7 Å². The quantitative estimate of drug-likeness (QED) is 0.0583. The molecule has 1 unspecified atom stereocenters. The van der Waals surface area contributed by atoms with Gasteiger partial charge in [0, 0.05) is 18.8 Å². The van der Waals surface area contributed by atoms with Crippen LogP contribution in [0.2, 0.25) is 0 Å². The molecule has 1 atom stereocenters. The molecule has 0 amide bonds. The van der Waals surface area contributed by atoms with E-state index in [0.717, 1.165) is 37.7 Å². The number of rotatable bonds is 20. The van der Waals surface area contributed by atoms with Gasteiger partial charge in [-0.25, -0.2) is 4.79 Å².